The highest BCUT2D eigenvalue weighted by Gasteiger charge is 2.31. The number of aryl methyl sites for hydroxylation is 1. The molecule has 25 heavy (non-hydrogen) atoms. The molecule has 0 N–H and O–H groups in total. The van der Waals surface area contributed by atoms with E-state index in [-0.39, 0.29) is 18.4 Å². The molecule has 0 aromatic heterocycles. The number of methoxy groups -OCH3 is 1. The van der Waals surface area contributed by atoms with E-state index in [0.717, 1.165) is 17.9 Å². The van der Waals surface area contributed by atoms with Crippen LogP contribution in [0.2, 0.25) is 0 Å². The number of hydrogen-bond acceptors (Lipinski definition) is 3. The number of carbonyl (C=O) groups excluding carboxylic acids is 1. The molecule has 132 valence electrons. The third kappa shape index (κ3) is 4.26. The monoisotopic (exact) mass is 347 g/mol. The lowest BCUT2D eigenvalue weighted by Crippen LogP contribution is -2.56. The molecule has 1 fully saturated rings. The van der Waals surface area contributed by atoms with Crippen molar-refractivity contribution in [3.8, 4) is 11.5 Å². The van der Waals surface area contributed by atoms with E-state index in [9.17, 15) is 13.6 Å². The molecule has 6 heteroatoms. The summed E-state index contributed by atoms with van der Waals surface area (Å²) in [6.45, 7) is 1.04. The SMILES string of the molecule is COc1cccc(OC2CN(C(=O)CCc3ccc(F)c(F)c3)C2)c1. The molecular formula is C19H19F2NO3. The van der Waals surface area contributed by atoms with Crippen LogP contribution in [-0.4, -0.2) is 37.1 Å². The highest BCUT2D eigenvalue weighted by Crippen LogP contribution is 2.23. The number of likely N-dealkylation sites (tertiary alicyclic amines) is 1. The lowest BCUT2D eigenvalue weighted by atomic mass is 10.1. The zero-order valence-electron chi connectivity index (χ0n) is 13.9. The van der Waals surface area contributed by atoms with Crippen LogP contribution in [0.5, 0.6) is 11.5 Å². The zero-order chi connectivity index (χ0) is 17.8. The molecule has 0 atom stereocenters. The van der Waals surface area contributed by atoms with E-state index in [4.69, 9.17) is 9.47 Å². The number of nitrogens with zero attached hydrogens (tertiary/aromatic N) is 1. The fraction of sp³-hybridized carbons (Fsp3) is 0.316. The number of halogens is 2. The Balaban J connectivity index is 1.44. The molecule has 1 aliphatic rings. The van der Waals surface area contributed by atoms with Gasteiger partial charge in [-0.25, -0.2) is 8.78 Å². The summed E-state index contributed by atoms with van der Waals surface area (Å²) < 4.78 is 37.0. The summed E-state index contributed by atoms with van der Waals surface area (Å²) in [7, 11) is 1.59. The minimum absolute atomic E-state index is 0.0183. The van der Waals surface area contributed by atoms with Crippen LogP contribution < -0.4 is 9.47 Å². The van der Waals surface area contributed by atoms with Crippen molar-refractivity contribution in [3.63, 3.8) is 0 Å². The van der Waals surface area contributed by atoms with Crippen LogP contribution in [0.1, 0.15) is 12.0 Å². The number of hydrogen-bond donors (Lipinski definition) is 0. The molecule has 1 heterocycles. The maximum absolute atomic E-state index is 13.2. The summed E-state index contributed by atoms with van der Waals surface area (Å²) in [6.07, 6.45) is 0.601. The van der Waals surface area contributed by atoms with Crippen molar-refractivity contribution in [2.24, 2.45) is 0 Å². The first-order valence-corrected chi connectivity index (χ1v) is 8.07. The van der Waals surface area contributed by atoms with E-state index in [1.807, 2.05) is 18.2 Å². The van der Waals surface area contributed by atoms with Gasteiger partial charge < -0.3 is 14.4 Å². The van der Waals surface area contributed by atoms with E-state index in [2.05, 4.69) is 0 Å². The van der Waals surface area contributed by atoms with E-state index in [1.54, 1.807) is 18.1 Å². The van der Waals surface area contributed by atoms with Gasteiger partial charge in [0.1, 0.15) is 17.6 Å². The molecule has 2 aromatic rings. The van der Waals surface area contributed by atoms with Gasteiger partial charge in [-0.2, -0.15) is 0 Å². The second-order valence-electron chi connectivity index (χ2n) is 5.97. The standard InChI is InChI=1S/C19H19F2NO3/c1-24-14-3-2-4-15(10-14)25-16-11-22(12-16)19(23)8-6-13-5-7-17(20)18(21)9-13/h2-5,7,9-10,16H,6,8,11-12H2,1H3. The van der Waals surface area contributed by atoms with Gasteiger partial charge in [-0.05, 0) is 36.2 Å². The average Bonchev–Trinajstić information content (AvgIpc) is 2.58. The molecule has 0 spiro atoms. The third-order valence-corrected chi connectivity index (χ3v) is 4.16. The van der Waals surface area contributed by atoms with E-state index >= 15 is 0 Å². The summed E-state index contributed by atoms with van der Waals surface area (Å²) in [5, 5.41) is 0. The Morgan fingerprint density at radius 3 is 2.60 bits per heavy atom. The largest absolute Gasteiger partial charge is 0.497 e. The molecule has 1 saturated heterocycles. The number of carbonyl (C=O) groups is 1. The first-order chi connectivity index (χ1) is 12.0. The van der Waals surface area contributed by atoms with E-state index in [1.165, 1.54) is 6.07 Å². The summed E-state index contributed by atoms with van der Waals surface area (Å²) in [5.41, 5.74) is 0.608. The smallest absolute Gasteiger partial charge is 0.223 e. The first-order valence-electron chi connectivity index (χ1n) is 8.07. The van der Waals surface area contributed by atoms with Crippen molar-refractivity contribution in [1.82, 2.24) is 4.90 Å². The van der Waals surface area contributed by atoms with Crippen LogP contribution in [0.4, 0.5) is 8.78 Å². The van der Waals surface area contributed by atoms with E-state index < -0.39 is 11.6 Å². The predicted molar refractivity (Wildman–Crippen MR) is 88.7 cm³/mol. The van der Waals surface area contributed by atoms with Gasteiger partial charge in [0.25, 0.3) is 0 Å². The molecule has 1 aliphatic heterocycles. The molecule has 3 rings (SSSR count). The highest BCUT2D eigenvalue weighted by atomic mass is 19.2. The van der Waals surface area contributed by atoms with Gasteiger partial charge in [0.2, 0.25) is 5.91 Å². The van der Waals surface area contributed by atoms with Crippen molar-refractivity contribution >= 4 is 5.91 Å². The minimum atomic E-state index is -0.888. The van der Waals surface area contributed by atoms with Gasteiger partial charge in [-0.3, -0.25) is 4.79 Å². The Morgan fingerprint density at radius 2 is 1.88 bits per heavy atom. The van der Waals surface area contributed by atoms with Crippen molar-refractivity contribution in [2.45, 2.75) is 18.9 Å². The van der Waals surface area contributed by atoms with Crippen LogP contribution >= 0.6 is 0 Å². The Hall–Kier alpha value is -2.63. The fourth-order valence-corrected chi connectivity index (χ4v) is 2.69. The molecule has 0 saturated carbocycles. The number of benzene rings is 2. The predicted octanol–water partition coefficient (Wildman–Crippen LogP) is 3.20. The molecular weight excluding hydrogens is 328 g/mol. The lowest BCUT2D eigenvalue weighted by Gasteiger charge is -2.39. The molecule has 0 unspecified atom stereocenters. The topological polar surface area (TPSA) is 38.8 Å². The van der Waals surface area contributed by atoms with Crippen LogP contribution in [-0.2, 0) is 11.2 Å². The van der Waals surface area contributed by atoms with Gasteiger partial charge in [-0.1, -0.05) is 12.1 Å². The second kappa shape index (κ2) is 7.51. The van der Waals surface area contributed by atoms with Gasteiger partial charge >= 0.3 is 0 Å². The molecule has 0 bridgehead atoms. The molecule has 0 aliphatic carbocycles. The highest BCUT2D eigenvalue weighted by molar-refractivity contribution is 5.77. The van der Waals surface area contributed by atoms with Crippen molar-refractivity contribution in [2.75, 3.05) is 20.2 Å². The summed E-state index contributed by atoms with van der Waals surface area (Å²) in [4.78, 5) is 13.8. The summed E-state index contributed by atoms with van der Waals surface area (Å²) in [6, 6.07) is 11.0. The van der Waals surface area contributed by atoms with Crippen LogP contribution in [0.3, 0.4) is 0 Å². The number of rotatable bonds is 6. The number of amides is 1. The van der Waals surface area contributed by atoms with Crippen LogP contribution in [0.15, 0.2) is 42.5 Å². The number of ether oxygens (including phenoxy) is 2. The van der Waals surface area contributed by atoms with Crippen molar-refractivity contribution < 1.29 is 23.0 Å². The van der Waals surface area contributed by atoms with E-state index in [0.29, 0.717) is 30.8 Å². The van der Waals surface area contributed by atoms with Crippen LogP contribution in [0.25, 0.3) is 0 Å². The minimum Gasteiger partial charge on any atom is -0.497 e. The Labute approximate surface area is 145 Å². The molecule has 2 aromatic carbocycles. The van der Waals surface area contributed by atoms with Crippen molar-refractivity contribution in [3.05, 3.63) is 59.7 Å². The quantitative estimate of drug-likeness (QED) is 0.806. The Kier molecular flexibility index (Phi) is 5.16. The van der Waals surface area contributed by atoms with Crippen LogP contribution in [0, 0.1) is 11.6 Å². The Bertz CT molecular complexity index is 760. The summed E-state index contributed by atoms with van der Waals surface area (Å²) in [5.74, 6) is -0.360. The molecule has 4 nitrogen and oxygen atoms in total. The van der Waals surface area contributed by atoms with Crippen molar-refractivity contribution in [1.29, 1.82) is 0 Å². The fourth-order valence-electron chi connectivity index (χ4n) is 2.69. The maximum atomic E-state index is 13.2. The summed E-state index contributed by atoms with van der Waals surface area (Å²) >= 11 is 0. The normalized spacial score (nSPS) is 14.1. The van der Waals surface area contributed by atoms with Gasteiger partial charge in [0.05, 0.1) is 20.2 Å². The third-order valence-electron chi connectivity index (χ3n) is 4.16. The van der Waals surface area contributed by atoms with Gasteiger partial charge in [0.15, 0.2) is 11.6 Å². The van der Waals surface area contributed by atoms with Gasteiger partial charge in [-0.15, -0.1) is 0 Å². The van der Waals surface area contributed by atoms with Gasteiger partial charge in [0, 0.05) is 12.5 Å². The molecule has 1 amide bonds. The lowest BCUT2D eigenvalue weighted by molar-refractivity contribution is -0.139. The Morgan fingerprint density at radius 1 is 1.12 bits per heavy atom. The average molecular weight is 347 g/mol. The second-order valence-corrected chi connectivity index (χ2v) is 5.97. The first kappa shape index (κ1) is 17.2. The zero-order valence-corrected chi connectivity index (χ0v) is 13.9. The molecule has 0 radical (unpaired) electrons. The maximum Gasteiger partial charge on any atom is 0.223 e.